The summed E-state index contributed by atoms with van der Waals surface area (Å²) in [6.45, 7) is 3.61. The largest absolute Gasteiger partial charge is 0.394 e. The molecule has 14 heavy (non-hydrogen) atoms. The average Bonchev–Trinajstić information content (AvgIpc) is 2.55. The molecule has 1 aromatic heterocycles. The first-order valence-corrected chi connectivity index (χ1v) is 4.43. The van der Waals surface area contributed by atoms with Crippen LogP contribution in [0.2, 0.25) is 0 Å². The van der Waals surface area contributed by atoms with Crippen LogP contribution in [-0.4, -0.2) is 32.9 Å². The molecule has 0 unspecified atom stereocenters. The maximum atomic E-state index is 11.4. The normalized spacial score (nSPS) is 11.4. The molecular formula is C9H15N3O2. The first-order valence-electron chi connectivity index (χ1n) is 4.43. The number of aliphatic hydroxyl groups is 1. The quantitative estimate of drug-likeness (QED) is 0.700. The molecule has 0 saturated carbocycles. The highest BCUT2D eigenvalue weighted by molar-refractivity contribution is 5.76. The van der Waals surface area contributed by atoms with Crippen molar-refractivity contribution >= 4 is 5.91 Å². The van der Waals surface area contributed by atoms with E-state index in [1.54, 1.807) is 32.3 Å². The summed E-state index contributed by atoms with van der Waals surface area (Å²) in [7, 11) is 0. The lowest BCUT2D eigenvalue weighted by Gasteiger charge is -2.23. The monoisotopic (exact) mass is 197 g/mol. The van der Waals surface area contributed by atoms with Crippen LogP contribution in [0.3, 0.4) is 0 Å². The number of hydrogen-bond acceptors (Lipinski definition) is 3. The molecule has 0 atom stereocenters. The van der Waals surface area contributed by atoms with Crippen molar-refractivity contribution in [1.29, 1.82) is 0 Å². The second-order valence-corrected chi connectivity index (χ2v) is 3.79. The summed E-state index contributed by atoms with van der Waals surface area (Å²) in [5.74, 6) is -0.159. The number of carbonyl (C=O) groups excluding carboxylic acids is 1. The molecule has 0 fully saturated rings. The number of nitrogens with one attached hydrogen (secondary N) is 1. The fourth-order valence-electron chi connectivity index (χ4n) is 0.998. The molecule has 5 heteroatoms. The van der Waals surface area contributed by atoms with Crippen molar-refractivity contribution in [2.24, 2.45) is 0 Å². The Hall–Kier alpha value is -1.36. The number of carbonyl (C=O) groups is 1. The van der Waals surface area contributed by atoms with Crippen LogP contribution >= 0.6 is 0 Å². The van der Waals surface area contributed by atoms with E-state index in [1.165, 1.54) is 4.68 Å². The van der Waals surface area contributed by atoms with Gasteiger partial charge in [0, 0.05) is 12.4 Å². The molecule has 0 aliphatic rings. The second kappa shape index (κ2) is 4.23. The molecule has 0 saturated heterocycles. The lowest BCUT2D eigenvalue weighted by Crippen LogP contribution is -2.47. The maximum Gasteiger partial charge on any atom is 0.242 e. The standard InChI is InChI=1S/C9H15N3O2/c1-9(2,7-13)11-8(14)6-12-5-3-4-10-12/h3-5,13H,6-7H2,1-2H3,(H,11,14). The van der Waals surface area contributed by atoms with Gasteiger partial charge >= 0.3 is 0 Å². The van der Waals surface area contributed by atoms with Gasteiger partial charge in [0.05, 0.1) is 12.1 Å². The molecule has 5 nitrogen and oxygen atoms in total. The third kappa shape index (κ3) is 3.18. The van der Waals surface area contributed by atoms with Crippen molar-refractivity contribution in [3.05, 3.63) is 18.5 Å². The fourth-order valence-corrected chi connectivity index (χ4v) is 0.998. The van der Waals surface area contributed by atoms with Crippen LogP contribution in [-0.2, 0) is 11.3 Å². The molecule has 0 spiro atoms. The summed E-state index contributed by atoms with van der Waals surface area (Å²) in [6.07, 6.45) is 3.33. The summed E-state index contributed by atoms with van der Waals surface area (Å²) in [4.78, 5) is 11.4. The van der Waals surface area contributed by atoms with Gasteiger partial charge in [0.2, 0.25) is 5.91 Å². The Labute approximate surface area is 82.7 Å². The molecule has 0 aliphatic carbocycles. The molecule has 1 rings (SSSR count). The minimum Gasteiger partial charge on any atom is -0.394 e. The highest BCUT2D eigenvalue weighted by Gasteiger charge is 2.18. The van der Waals surface area contributed by atoms with Crippen LogP contribution < -0.4 is 5.32 Å². The summed E-state index contributed by atoms with van der Waals surface area (Å²) in [5.41, 5.74) is -0.579. The van der Waals surface area contributed by atoms with Gasteiger partial charge in [0.15, 0.2) is 0 Å². The van der Waals surface area contributed by atoms with E-state index < -0.39 is 5.54 Å². The Morgan fingerprint density at radius 3 is 2.86 bits per heavy atom. The summed E-state index contributed by atoms with van der Waals surface area (Å²) in [5, 5.41) is 15.5. The Morgan fingerprint density at radius 1 is 1.64 bits per heavy atom. The number of amides is 1. The Balaban J connectivity index is 2.44. The third-order valence-electron chi connectivity index (χ3n) is 1.74. The van der Waals surface area contributed by atoms with Crippen molar-refractivity contribution in [2.75, 3.05) is 6.61 Å². The SMILES string of the molecule is CC(C)(CO)NC(=O)Cn1cccn1. The molecule has 1 heterocycles. The van der Waals surface area contributed by atoms with Gasteiger partial charge in [0.1, 0.15) is 6.54 Å². The van der Waals surface area contributed by atoms with Gasteiger partial charge in [-0.2, -0.15) is 5.10 Å². The second-order valence-electron chi connectivity index (χ2n) is 3.79. The lowest BCUT2D eigenvalue weighted by atomic mass is 10.1. The summed E-state index contributed by atoms with van der Waals surface area (Å²) in [6, 6.07) is 1.75. The topological polar surface area (TPSA) is 67.2 Å². The molecule has 1 amide bonds. The summed E-state index contributed by atoms with van der Waals surface area (Å²) < 4.78 is 1.53. The van der Waals surface area contributed by atoms with Crippen LogP contribution in [0.15, 0.2) is 18.5 Å². The van der Waals surface area contributed by atoms with Gasteiger partial charge in [0.25, 0.3) is 0 Å². The highest BCUT2D eigenvalue weighted by Crippen LogP contribution is 1.99. The first-order chi connectivity index (χ1) is 6.53. The van der Waals surface area contributed by atoms with Gasteiger partial charge in [-0.3, -0.25) is 9.48 Å². The predicted octanol–water partition coefficient (Wildman–Crippen LogP) is -0.230. The number of aromatic nitrogens is 2. The maximum absolute atomic E-state index is 11.4. The van der Waals surface area contributed by atoms with Gasteiger partial charge in [-0.05, 0) is 19.9 Å². The average molecular weight is 197 g/mol. The predicted molar refractivity (Wildman–Crippen MR) is 51.5 cm³/mol. The fraction of sp³-hybridized carbons (Fsp3) is 0.556. The van der Waals surface area contributed by atoms with E-state index in [9.17, 15) is 4.79 Å². The lowest BCUT2D eigenvalue weighted by molar-refractivity contribution is -0.123. The number of rotatable bonds is 4. The van der Waals surface area contributed by atoms with Crippen molar-refractivity contribution in [2.45, 2.75) is 25.9 Å². The third-order valence-corrected chi connectivity index (χ3v) is 1.74. The van der Waals surface area contributed by atoms with E-state index in [0.29, 0.717) is 0 Å². The van der Waals surface area contributed by atoms with Gasteiger partial charge < -0.3 is 10.4 Å². The molecule has 0 aliphatic heterocycles. The van der Waals surface area contributed by atoms with Crippen molar-refractivity contribution < 1.29 is 9.90 Å². The molecule has 78 valence electrons. The van der Waals surface area contributed by atoms with E-state index in [0.717, 1.165) is 0 Å². The smallest absolute Gasteiger partial charge is 0.242 e. The number of hydrogen-bond donors (Lipinski definition) is 2. The molecular weight excluding hydrogens is 182 g/mol. The van der Waals surface area contributed by atoms with Gasteiger partial charge in [-0.25, -0.2) is 0 Å². The van der Waals surface area contributed by atoms with E-state index in [-0.39, 0.29) is 19.1 Å². The molecule has 2 N–H and O–H groups in total. The van der Waals surface area contributed by atoms with Crippen LogP contribution in [0.25, 0.3) is 0 Å². The molecule has 0 radical (unpaired) electrons. The van der Waals surface area contributed by atoms with E-state index >= 15 is 0 Å². The minimum absolute atomic E-state index is 0.0855. The molecule has 0 bridgehead atoms. The van der Waals surface area contributed by atoms with E-state index in [4.69, 9.17) is 5.11 Å². The Morgan fingerprint density at radius 2 is 2.36 bits per heavy atom. The summed E-state index contributed by atoms with van der Waals surface area (Å²) >= 11 is 0. The number of nitrogens with zero attached hydrogens (tertiary/aromatic N) is 2. The van der Waals surface area contributed by atoms with E-state index in [1.807, 2.05) is 0 Å². The van der Waals surface area contributed by atoms with Crippen LogP contribution in [0.5, 0.6) is 0 Å². The van der Waals surface area contributed by atoms with Crippen LogP contribution in [0.4, 0.5) is 0 Å². The Kier molecular flexibility index (Phi) is 3.24. The van der Waals surface area contributed by atoms with Crippen molar-refractivity contribution in [1.82, 2.24) is 15.1 Å². The van der Waals surface area contributed by atoms with Crippen molar-refractivity contribution in [3.8, 4) is 0 Å². The minimum atomic E-state index is -0.579. The van der Waals surface area contributed by atoms with Gasteiger partial charge in [-0.1, -0.05) is 0 Å². The van der Waals surface area contributed by atoms with E-state index in [2.05, 4.69) is 10.4 Å². The van der Waals surface area contributed by atoms with Crippen LogP contribution in [0, 0.1) is 0 Å². The molecule has 0 aromatic carbocycles. The highest BCUT2D eigenvalue weighted by atomic mass is 16.3. The Bertz CT molecular complexity index is 293. The molecule has 1 aromatic rings. The zero-order valence-electron chi connectivity index (χ0n) is 8.40. The number of aliphatic hydroxyl groups excluding tert-OH is 1. The zero-order chi connectivity index (χ0) is 10.6. The zero-order valence-corrected chi connectivity index (χ0v) is 8.40. The first kappa shape index (κ1) is 10.7. The van der Waals surface area contributed by atoms with Crippen LogP contribution in [0.1, 0.15) is 13.8 Å². The van der Waals surface area contributed by atoms with Crippen molar-refractivity contribution in [3.63, 3.8) is 0 Å². The van der Waals surface area contributed by atoms with Gasteiger partial charge in [-0.15, -0.1) is 0 Å².